The van der Waals surface area contributed by atoms with Gasteiger partial charge in [0.2, 0.25) is 5.91 Å². The van der Waals surface area contributed by atoms with Gasteiger partial charge in [-0.25, -0.2) is 4.79 Å². The third-order valence-corrected chi connectivity index (χ3v) is 8.24. The van der Waals surface area contributed by atoms with E-state index in [0.717, 1.165) is 20.8 Å². The van der Waals surface area contributed by atoms with Crippen molar-refractivity contribution in [2.24, 2.45) is 0 Å². The van der Waals surface area contributed by atoms with Crippen molar-refractivity contribution in [1.82, 2.24) is 10.6 Å². The van der Waals surface area contributed by atoms with Gasteiger partial charge in [0.15, 0.2) is 0 Å². The smallest absolute Gasteiger partial charge is 0.335 e. The lowest BCUT2D eigenvalue weighted by molar-refractivity contribution is -0.128. The number of hydrogen-bond acceptors (Lipinski definition) is 6. The van der Waals surface area contributed by atoms with Crippen LogP contribution in [0.4, 0.5) is 11.4 Å². The lowest BCUT2D eigenvalue weighted by atomic mass is 10.0. The molecule has 3 N–H and O–H groups in total. The van der Waals surface area contributed by atoms with E-state index in [9.17, 15) is 24.3 Å². The zero-order valence-corrected chi connectivity index (χ0v) is 25.9. The van der Waals surface area contributed by atoms with Gasteiger partial charge in [0.25, 0.3) is 11.8 Å². The Morgan fingerprint density at radius 3 is 2.34 bits per heavy atom. The number of para-hydroxylation sites is 2. The maximum atomic E-state index is 14.4. The number of benzene rings is 4. The van der Waals surface area contributed by atoms with Crippen LogP contribution < -0.4 is 25.2 Å². The molecule has 0 saturated heterocycles. The van der Waals surface area contributed by atoms with Gasteiger partial charge in [0.05, 0.1) is 43.2 Å². The lowest BCUT2D eigenvalue weighted by Gasteiger charge is -2.27. The highest BCUT2D eigenvalue weighted by atomic mass is 79.9. The number of fused-ring (bicyclic) bond motifs is 2. The Kier molecular flexibility index (Phi) is 8.98. The van der Waals surface area contributed by atoms with Gasteiger partial charge in [-0.15, -0.1) is 0 Å². The number of likely N-dealkylation sites (N-methyl/N-ethyl adjacent to an activating group) is 1. The van der Waals surface area contributed by atoms with Crippen LogP contribution in [0.2, 0.25) is 0 Å². The average Bonchev–Trinajstić information content (AvgIpc) is 3.14. The van der Waals surface area contributed by atoms with Gasteiger partial charge in [0.1, 0.15) is 11.8 Å². The van der Waals surface area contributed by atoms with Crippen LogP contribution in [0.5, 0.6) is 5.75 Å². The van der Waals surface area contributed by atoms with Crippen molar-refractivity contribution in [3.8, 4) is 5.75 Å². The minimum atomic E-state index is -1.11. The van der Waals surface area contributed by atoms with Gasteiger partial charge in [0, 0.05) is 15.6 Å². The standard InChI is InChI=1S/C33H31BrN4O6/c1-19(35-2)30(39)36-26-18-38(31(40)20-8-10-21(11-9-20)33(42)43)28-7-5-4-6-27(28)37(32(26)41)17-25-24-14-13-23(34)16-22(24)12-15-29(25)44-3/h4-16,19,26,35H,17-18H2,1-3H3,(H,36,39)(H,42,43)/t19?,26-/m0/s1. The van der Waals surface area contributed by atoms with Crippen LogP contribution in [0.1, 0.15) is 33.2 Å². The van der Waals surface area contributed by atoms with Crippen molar-refractivity contribution in [1.29, 1.82) is 0 Å². The largest absolute Gasteiger partial charge is 0.496 e. The number of nitrogens with zero attached hydrogens (tertiary/aromatic N) is 2. The molecule has 0 radical (unpaired) electrons. The first-order valence-corrected chi connectivity index (χ1v) is 14.7. The van der Waals surface area contributed by atoms with Gasteiger partial charge in [-0.3, -0.25) is 14.4 Å². The molecule has 1 heterocycles. The molecule has 10 nitrogen and oxygen atoms in total. The Morgan fingerprint density at radius 1 is 1.00 bits per heavy atom. The molecule has 3 amide bonds. The SMILES string of the molecule is CNC(C)C(=O)N[C@H]1CN(C(=O)c2ccc(C(=O)O)cc2)c2ccccc2N(Cc2c(OC)ccc3cc(Br)ccc23)C1=O. The Bertz CT molecular complexity index is 1760. The molecule has 2 atom stereocenters. The third-order valence-electron chi connectivity index (χ3n) is 7.75. The van der Waals surface area contributed by atoms with Crippen LogP contribution in [-0.4, -0.2) is 61.6 Å². The molecule has 44 heavy (non-hydrogen) atoms. The topological polar surface area (TPSA) is 128 Å². The highest BCUT2D eigenvalue weighted by molar-refractivity contribution is 9.10. The summed E-state index contributed by atoms with van der Waals surface area (Å²) < 4.78 is 6.63. The summed E-state index contributed by atoms with van der Waals surface area (Å²) in [7, 11) is 3.21. The molecule has 0 saturated carbocycles. The Labute approximate surface area is 262 Å². The number of anilines is 2. The maximum absolute atomic E-state index is 14.4. The highest BCUT2D eigenvalue weighted by Crippen LogP contribution is 2.38. The summed E-state index contributed by atoms with van der Waals surface area (Å²) in [6.45, 7) is 1.63. The fourth-order valence-electron chi connectivity index (χ4n) is 5.25. The molecular formula is C33H31BrN4O6. The van der Waals surface area contributed by atoms with Crippen LogP contribution in [-0.2, 0) is 16.1 Å². The van der Waals surface area contributed by atoms with E-state index in [1.165, 1.54) is 29.2 Å². The fraction of sp³-hybridized carbons (Fsp3) is 0.212. The average molecular weight is 660 g/mol. The van der Waals surface area contributed by atoms with Gasteiger partial charge in [-0.1, -0.05) is 40.2 Å². The van der Waals surface area contributed by atoms with Crippen LogP contribution in [0.25, 0.3) is 10.8 Å². The molecule has 0 fully saturated rings. The number of rotatable bonds is 8. The number of carbonyl (C=O) groups is 4. The first kappa shape index (κ1) is 30.7. The summed E-state index contributed by atoms with van der Waals surface area (Å²) in [4.78, 5) is 55.9. The van der Waals surface area contributed by atoms with E-state index in [4.69, 9.17) is 4.74 Å². The van der Waals surface area contributed by atoms with E-state index >= 15 is 0 Å². The van der Waals surface area contributed by atoms with Gasteiger partial charge in [-0.05, 0) is 79.3 Å². The zero-order valence-electron chi connectivity index (χ0n) is 24.3. The molecular weight excluding hydrogens is 628 g/mol. The first-order valence-electron chi connectivity index (χ1n) is 13.9. The molecule has 226 valence electrons. The quantitative estimate of drug-likeness (QED) is 0.253. The fourth-order valence-corrected chi connectivity index (χ4v) is 5.62. The zero-order chi connectivity index (χ0) is 31.5. The van der Waals surface area contributed by atoms with Crippen molar-refractivity contribution >= 4 is 61.8 Å². The highest BCUT2D eigenvalue weighted by Gasteiger charge is 2.38. The number of ether oxygens (including phenoxy) is 1. The van der Waals surface area contributed by atoms with Crippen molar-refractivity contribution in [3.63, 3.8) is 0 Å². The summed E-state index contributed by atoms with van der Waals surface area (Å²) in [5.74, 6) is -1.77. The molecule has 0 bridgehead atoms. The van der Waals surface area contributed by atoms with E-state index < -0.39 is 35.8 Å². The number of carboxylic acid groups (broad SMARTS) is 1. The van der Waals surface area contributed by atoms with Crippen LogP contribution in [0, 0.1) is 0 Å². The predicted molar refractivity (Wildman–Crippen MR) is 171 cm³/mol. The van der Waals surface area contributed by atoms with E-state index in [0.29, 0.717) is 17.1 Å². The van der Waals surface area contributed by atoms with Crippen LogP contribution >= 0.6 is 15.9 Å². The molecule has 1 aliphatic rings. The number of aromatic carboxylic acids is 1. The second-order valence-electron chi connectivity index (χ2n) is 10.4. The summed E-state index contributed by atoms with van der Waals surface area (Å²) in [6, 6.07) is 20.6. The van der Waals surface area contributed by atoms with E-state index in [1.54, 1.807) is 50.2 Å². The number of nitrogens with one attached hydrogen (secondary N) is 2. The number of amides is 3. The first-order chi connectivity index (χ1) is 21.1. The van der Waals surface area contributed by atoms with Crippen molar-refractivity contribution in [2.45, 2.75) is 25.6 Å². The normalized spacial score (nSPS) is 15.4. The lowest BCUT2D eigenvalue weighted by Crippen LogP contribution is -2.55. The summed E-state index contributed by atoms with van der Waals surface area (Å²) in [6.07, 6.45) is 0. The maximum Gasteiger partial charge on any atom is 0.335 e. The molecule has 0 aliphatic carbocycles. The molecule has 0 spiro atoms. The molecule has 1 unspecified atom stereocenters. The van der Waals surface area contributed by atoms with E-state index in [2.05, 4.69) is 26.6 Å². The molecule has 11 heteroatoms. The van der Waals surface area contributed by atoms with Crippen molar-refractivity contribution in [3.05, 3.63) is 100 Å². The minimum absolute atomic E-state index is 0.0430. The van der Waals surface area contributed by atoms with Crippen LogP contribution in [0.3, 0.4) is 0 Å². The molecule has 0 aromatic heterocycles. The minimum Gasteiger partial charge on any atom is -0.496 e. The Hall–Kier alpha value is -4.74. The van der Waals surface area contributed by atoms with Crippen molar-refractivity contribution < 1.29 is 29.0 Å². The molecule has 1 aliphatic heterocycles. The van der Waals surface area contributed by atoms with Gasteiger partial charge in [-0.2, -0.15) is 0 Å². The summed E-state index contributed by atoms with van der Waals surface area (Å²) in [5, 5.41) is 16.9. The van der Waals surface area contributed by atoms with E-state index in [-0.39, 0.29) is 24.2 Å². The number of hydrogen-bond donors (Lipinski definition) is 3. The Morgan fingerprint density at radius 2 is 1.68 bits per heavy atom. The predicted octanol–water partition coefficient (Wildman–Crippen LogP) is 4.60. The molecule has 4 aromatic rings. The second-order valence-corrected chi connectivity index (χ2v) is 11.3. The number of carboxylic acids is 1. The second kappa shape index (κ2) is 12.9. The summed E-state index contributed by atoms with van der Waals surface area (Å²) in [5.41, 5.74) is 1.98. The third kappa shape index (κ3) is 6.01. The molecule has 4 aromatic carbocycles. The molecule has 5 rings (SSSR count). The number of methoxy groups -OCH3 is 1. The van der Waals surface area contributed by atoms with Crippen LogP contribution in [0.15, 0.2) is 83.3 Å². The van der Waals surface area contributed by atoms with Gasteiger partial charge < -0.3 is 30.3 Å². The van der Waals surface area contributed by atoms with Gasteiger partial charge >= 0.3 is 5.97 Å². The Balaban J connectivity index is 1.64. The van der Waals surface area contributed by atoms with Crippen molar-refractivity contribution in [2.75, 3.05) is 30.5 Å². The number of halogens is 1. The summed E-state index contributed by atoms with van der Waals surface area (Å²) >= 11 is 3.52. The number of carbonyl (C=O) groups excluding carboxylic acids is 3. The van der Waals surface area contributed by atoms with E-state index in [1.807, 2.05) is 30.3 Å². The monoisotopic (exact) mass is 658 g/mol.